The monoisotopic (exact) mass is 462 g/mol. The number of unbranched alkanes of at least 4 members (excludes halogenated alkanes) is 3. The summed E-state index contributed by atoms with van der Waals surface area (Å²) in [5, 5.41) is 8.05. The van der Waals surface area contributed by atoms with Crippen molar-refractivity contribution < 1.29 is 9.59 Å². The molecule has 34 heavy (non-hydrogen) atoms. The molecule has 0 saturated heterocycles. The number of nitrogens with one attached hydrogen (secondary N) is 2. The molecule has 2 N–H and O–H groups in total. The van der Waals surface area contributed by atoms with Crippen LogP contribution in [0.4, 0.5) is 0 Å². The van der Waals surface area contributed by atoms with Crippen LogP contribution >= 0.6 is 0 Å². The van der Waals surface area contributed by atoms with E-state index >= 15 is 0 Å². The lowest BCUT2D eigenvalue weighted by Gasteiger charge is -2.04. The molecular weight excluding hydrogens is 424 g/mol. The number of hydrazone groups is 2. The van der Waals surface area contributed by atoms with Crippen molar-refractivity contribution in [1.82, 2.24) is 10.9 Å². The minimum atomic E-state index is -0.0939. The van der Waals surface area contributed by atoms with E-state index in [2.05, 4.69) is 73.0 Å². The van der Waals surface area contributed by atoms with Gasteiger partial charge in [0, 0.05) is 12.8 Å². The molecule has 0 aromatic heterocycles. The van der Waals surface area contributed by atoms with Gasteiger partial charge in [0.2, 0.25) is 11.8 Å². The predicted octanol–water partition coefficient (Wildman–Crippen LogP) is 5.87. The van der Waals surface area contributed by atoms with E-state index in [1.54, 1.807) is 12.4 Å². The molecule has 0 fully saturated rings. The second-order valence-electron chi connectivity index (χ2n) is 9.14. The lowest BCUT2D eigenvalue weighted by atomic mass is 10.0. The van der Waals surface area contributed by atoms with Crippen molar-refractivity contribution in [3.05, 3.63) is 70.8 Å². The fourth-order valence-corrected chi connectivity index (χ4v) is 3.33. The second-order valence-corrected chi connectivity index (χ2v) is 9.14. The molecule has 2 aromatic rings. The molecule has 182 valence electrons. The van der Waals surface area contributed by atoms with E-state index in [-0.39, 0.29) is 11.8 Å². The van der Waals surface area contributed by atoms with E-state index in [1.807, 2.05) is 24.3 Å². The standard InChI is InChI=1S/C28H38N4O2/c1-21(2)25-15-11-23(12-16-25)19-29-31-27(33)9-7-5-6-8-10-28(34)32-30-20-24-13-17-26(18-14-24)22(3)4/h11-22H,5-10H2,1-4H3,(H,31,33)(H,32,34). The van der Waals surface area contributed by atoms with Gasteiger partial charge in [-0.05, 0) is 46.9 Å². The SMILES string of the molecule is CC(C)c1ccc(C=NNC(=O)CCCCCCC(=O)NN=Cc2ccc(C(C)C)cc2)cc1. The van der Waals surface area contributed by atoms with E-state index in [0.29, 0.717) is 24.7 Å². The molecule has 0 heterocycles. The Morgan fingerprint density at radius 2 is 1.00 bits per heavy atom. The number of hydrogen-bond acceptors (Lipinski definition) is 4. The predicted molar refractivity (Wildman–Crippen MR) is 140 cm³/mol. The van der Waals surface area contributed by atoms with E-state index in [0.717, 1.165) is 36.8 Å². The molecule has 0 spiro atoms. The summed E-state index contributed by atoms with van der Waals surface area (Å²) in [6, 6.07) is 16.3. The average Bonchev–Trinajstić information content (AvgIpc) is 2.82. The first-order chi connectivity index (χ1) is 16.3. The summed E-state index contributed by atoms with van der Waals surface area (Å²) in [6.07, 6.45) is 7.51. The first-order valence-corrected chi connectivity index (χ1v) is 12.2. The van der Waals surface area contributed by atoms with Gasteiger partial charge in [0.1, 0.15) is 0 Å². The summed E-state index contributed by atoms with van der Waals surface area (Å²) >= 11 is 0. The zero-order valence-corrected chi connectivity index (χ0v) is 20.9. The van der Waals surface area contributed by atoms with Crippen LogP contribution < -0.4 is 10.9 Å². The Hall–Kier alpha value is -3.28. The maximum Gasteiger partial charge on any atom is 0.240 e. The lowest BCUT2D eigenvalue weighted by Crippen LogP contribution is -2.17. The summed E-state index contributed by atoms with van der Waals surface area (Å²) in [7, 11) is 0. The third-order valence-corrected chi connectivity index (χ3v) is 5.57. The molecule has 0 aliphatic rings. The van der Waals surface area contributed by atoms with Crippen LogP contribution in [-0.2, 0) is 9.59 Å². The van der Waals surface area contributed by atoms with Crippen molar-refractivity contribution in [1.29, 1.82) is 0 Å². The smallest absolute Gasteiger partial charge is 0.240 e. The summed E-state index contributed by atoms with van der Waals surface area (Å²) < 4.78 is 0. The molecule has 0 bridgehead atoms. The Kier molecular flexibility index (Phi) is 11.7. The maximum atomic E-state index is 11.9. The van der Waals surface area contributed by atoms with Gasteiger partial charge in [0.25, 0.3) is 0 Å². The average molecular weight is 463 g/mol. The molecule has 6 nitrogen and oxygen atoms in total. The molecule has 0 aliphatic carbocycles. The van der Waals surface area contributed by atoms with Crippen LogP contribution in [0, 0.1) is 0 Å². The number of hydrogen-bond donors (Lipinski definition) is 2. The first kappa shape index (κ1) is 27.0. The summed E-state index contributed by atoms with van der Waals surface area (Å²) in [6.45, 7) is 8.62. The van der Waals surface area contributed by atoms with Crippen molar-refractivity contribution >= 4 is 24.2 Å². The zero-order chi connectivity index (χ0) is 24.8. The van der Waals surface area contributed by atoms with Crippen molar-refractivity contribution in [2.45, 2.75) is 78.1 Å². The Bertz CT molecular complexity index is 866. The van der Waals surface area contributed by atoms with Gasteiger partial charge in [0.15, 0.2) is 0 Å². The van der Waals surface area contributed by atoms with Crippen LogP contribution in [0.25, 0.3) is 0 Å². The van der Waals surface area contributed by atoms with Crippen LogP contribution in [0.1, 0.15) is 100 Å². The number of benzene rings is 2. The van der Waals surface area contributed by atoms with E-state index < -0.39 is 0 Å². The highest BCUT2D eigenvalue weighted by molar-refractivity contribution is 5.83. The fourth-order valence-electron chi connectivity index (χ4n) is 3.33. The molecule has 6 heteroatoms. The van der Waals surface area contributed by atoms with Gasteiger partial charge in [-0.3, -0.25) is 9.59 Å². The van der Waals surface area contributed by atoms with E-state index in [9.17, 15) is 9.59 Å². The zero-order valence-electron chi connectivity index (χ0n) is 20.9. The molecule has 0 atom stereocenters. The summed E-state index contributed by atoms with van der Waals surface area (Å²) in [5.74, 6) is 0.797. The summed E-state index contributed by atoms with van der Waals surface area (Å²) in [4.78, 5) is 23.8. The van der Waals surface area contributed by atoms with Gasteiger partial charge < -0.3 is 0 Å². The maximum absolute atomic E-state index is 11.9. The number of rotatable bonds is 13. The minimum Gasteiger partial charge on any atom is -0.273 e. The molecule has 0 radical (unpaired) electrons. The van der Waals surface area contributed by atoms with Crippen molar-refractivity contribution in [3.8, 4) is 0 Å². The Morgan fingerprint density at radius 3 is 1.32 bits per heavy atom. The van der Waals surface area contributed by atoms with Crippen LogP contribution in [0.3, 0.4) is 0 Å². The molecule has 0 saturated carbocycles. The molecule has 0 unspecified atom stereocenters. The Morgan fingerprint density at radius 1 is 0.647 bits per heavy atom. The molecule has 2 rings (SSSR count). The largest absolute Gasteiger partial charge is 0.273 e. The Labute approximate surface area is 203 Å². The van der Waals surface area contributed by atoms with Crippen LogP contribution in [0.2, 0.25) is 0 Å². The normalized spacial score (nSPS) is 11.6. The van der Waals surface area contributed by atoms with Gasteiger partial charge in [-0.15, -0.1) is 0 Å². The highest BCUT2D eigenvalue weighted by Gasteiger charge is 2.03. The van der Waals surface area contributed by atoms with Crippen LogP contribution in [-0.4, -0.2) is 24.2 Å². The van der Waals surface area contributed by atoms with Gasteiger partial charge >= 0.3 is 0 Å². The minimum absolute atomic E-state index is 0.0939. The Balaban J connectivity index is 1.52. The fraction of sp³-hybridized carbons (Fsp3) is 0.429. The van der Waals surface area contributed by atoms with Crippen LogP contribution in [0.15, 0.2) is 58.7 Å². The number of carbonyl (C=O) groups is 2. The van der Waals surface area contributed by atoms with Crippen molar-refractivity contribution in [3.63, 3.8) is 0 Å². The molecular formula is C28H38N4O2. The quantitative estimate of drug-likeness (QED) is 0.221. The number of amides is 2. The van der Waals surface area contributed by atoms with Gasteiger partial charge in [-0.25, -0.2) is 10.9 Å². The molecule has 0 aliphatic heterocycles. The number of carbonyl (C=O) groups excluding carboxylic acids is 2. The van der Waals surface area contributed by atoms with Gasteiger partial charge in [-0.2, -0.15) is 10.2 Å². The summed E-state index contributed by atoms with van der Waals surface area (Å²) in [5.41, 5.74) is 9.61. The van der Waals surface area contributed by atoms with Gasteiger partial charge in [0.05, 0.1) is 12.4 Å². The van der Waals surface area contributed by atoms with Crippen LogP contribution in [0.5, 0.6) is 0 Å². The molecule has 2 aromatic carbocycles. The van der Waals surface area contributed by atoms with Crippen molar-refractivity contribution in [2.24, 2.45) is 10.2 Å². The lowest BCUT2D eigenvalue weighted by molar-refractivity contribution is -0.122. The molecule has 2 amide bonds. The third-order valence-electron chi connectivity index (χ3n) is 5.57. The first-order valence-electron chi connectivity index (χ1n) is 12.2. The van der Waals surface area contributed by atoms with E-state index in [1.165, 1.54) is 11.1 Å². The van der Waals surface area contributed by atoms with Crippen molar-refractivity contribution in [2.75, 3.05) is 0 Å². The topological polar surface area (TPSA) is 82.9 Å². The van der Waals surface area contributed by atoms with E-state index in [4.69, 9.17) is 0 Å². The highest BCUT2D eigenvalue weighted by atomic mass is 16.2. The number of nitrogens with zero attached hydrogens (tertiary/aromatic N) is 2. The highest BCUT2D eigenvalue weighted by Crippen LogP contribution is 2.14. The van der Waals surface area contributed by atoms with Gasteiger partial charge in [-0.1, -0.05) is 89.1 Å². The third kappa shape index (κ3) is 10.6. The second kappa shape index (κ2) is 14.8.